The SMILES string of the molecule is CC1CN(Cc2cncn2C2CC2)CC(CO)O1. The summed E-state index contributed by atoms with van der Waals surface area (Å²) in [5.41, 5.74) is 1.28. The first-order chi connectivity index (χ1) is 8.76. The van der Waals surface area contributed by atoms with Crippen LogP contribution in [-0.4, -0.2) is 51.5 Å². The van der Waals surface area contributed by atoms with Crippen LogP contribution in [0.15, 0.2) is 12.5 Å². The molecule has 0 aromatic carbocycles. The summed E-state index contributed by atoms with van der Waals surface area (Å²) in [4.78, 5) is 6.61. The van der Waals surface area contributed by atoms with Gasteiger partial charge in [0.05, 0.1) is 30.8 Å². The Kier molecular flexibility index (Phi) is 3.37. The molecule has 2 heterocycles. The smallest absolute Gasteiger partial charge is 0.0951 e. The highest BCUT2D eigenvalue weighted by atomic mass is 16.5. The summed E-state index contributed by atoms with van der Waals surface area (Å²) >= 11 is 0. The lowest BCUT2D eigenvalue weighted by Gasteiger charge is -2.36. The third-order valence-corrected chi connectivity index (χ3v) is 3.68. The Bertz CT molecular complexity index is 403. The zero-order chi connectivity index (χ0) is 12.5. The molecule has 100 valence electrons. The Morgan fingerprint density at radius 3 is 3.00 bits per heavy atom. The molecule has 1 N–H and O–H groups in total. The quantitative estimate of drug-likeness (QED) is 0.860. The molecule has 2 aliphatic rings. The number of aliphatic hydroxyl groups is 1. The van der Waals surface area contributed by atoms with E-state index in [1.165, 1.54) is 18.5 Å². The van der Waals surface area contributed by atoms with Crippen LogP contribution in [0.5, 0.6) is 0 Å². The maximum Gasteiger partial charge on any atom is 0.0951 e. The van der Waals surface area contributed by atoms with Crippen LogP contribution >= 0.6 is 0 Å². The molecule has 1 aliphatic carbocycles. The first kappa shape index (κ1) is 12.1. The fourth-order valence-electron chi connectivity index (χ4n) is 2.74. The van der Waals surface area contributed by atoms with Gasteiger partial charge in [0.1, 0.15) is 0 Å². The first-order valence-electron chi connectivity index (χ1n) is 6.75. The van der Waals surface area contributed by atoms with Crippen LogP contribution in [0.1, 0.15) is 31.5 Å². The van der Waals surface area contributed by atoms with Gasteiger partial charge in [-0.25, -0.2) is 4.98 Å². The van der Waals surface area contributed by atoms with Gasteiger partial charge < -0.3 is 14.4 Å². The van der Waals surface area contributed by atoms with Crippen LogP contribution in [0, 0.1) is 0 Å². The Balaban J connectivity index is 1.65. The molecule has 0 amide bonds. The van der Waals surface area contributed by atoms with Gasteiger partial charge in [0.15, 0.2) is 0 Å². The predicted molar refractivity (Wildman–Crippen MR) is 67.2 cm³/mol. The van der Waals surface area contributed by atoms with E-state index in [-0.39, 0.29) is 18.8 Å². The van der Waals surface area contributed by atoms with Crippen molar-refractivity contribution in [1.82, 2.24) is 14.5 Å². The van der Waals surface area contributed by atoms with Crippen LogP contribution in [0.4, 0.5) is 0 Å². The maximum absolute atomic E-state index is 9.24. The van der Waals surface area contributed by atoms with E-state index in [0.29, 0.717) is 6.04 Å². The number of ether oxygens (including phenoxy) is 1. The molecule has 1 aliphatic heterocycles. The normalized spacial score (nSPS) is 29.7. The summed E-state index contributed by atoms with van der Waals surface area (Å²) < 4.78 is 7.96. The van der Waals surface area contributed by atoms with Crippen molar-refractivity contribution in [2.75, 3.05) is 19.7 Å². The molecule has 1 aromatic heterocycles. The number of nitrogens with zero attached hydrogens (tertiary/aromatic N) is 3. The highest BCUT2D eigenvalue weighted by molar-refractivity contribution is 5.04. The van der Waals surface area contributed by atoms with Gasteiger partial charge >= 0.3 is 0 Å². The standard InChI is InChI=1S/C13H21N3O2/c1-10-5-15(7-13(8-17)18-10)6-12-4-14-9-16(12)11-2-3-11/h4,9-11,13,17H,2-3,5-8H2,1H3. The van der Waals surface area contributed by atoms with E-state index >= 15 is 0 Å². The Morgan fingerprint density at radius 2 is 2.28 bits per heavy atom. The summed E-state index contributed by atoms with van der Waals surface area (Å²) in [5, 5.41) is 9.24. The van der Waals surface area contributed by atoms with Gasteiger partial charge in [0.25, 0.3) is 0 Å². The minimum absolute atomic E-state index is 0.0500. The average molecular weight is 251 g/mol. The van der Waals surface area contributed by atoms with Crippen molar-refractivity contribution in [2.45, 2.75) is 44.6 Å². The molecule has 1 saturated heterocycles. The second-order valence-electron chi connectivity index (χ2n) is 5.47. The number of imidazole rings is 1. The van der Waals surface area contributed by atoms with Crippen molar-refractivity contribution < 1.29 is 9.84 Å². The highest BCUT2D eigenvalue weighted by Crippen LogP contribution is 2.35. The first-order valence-corrected chi connectivity index (χ1v) is 6.75. The molecule has 0 bridgehead atoms. The van der Waals surface area contributed by atoms with E-state index in [1.54, 1.807) is 0 Å². The van der Waals surface area contributed by atoms with Crippen LogP contribution in [0.25, 0.3) is 0 Å². The van der Waals surface area contributed by atoms with Gasteiger partial charge in [-0.2, -0.15) is 0 Å². The van der Waals surface area contributed by atoms with Gasteiger partial charge in [0, 0.05) is 31.9 Å². The Hall–Kier alpha value is -0.910. The minimum atomic E-state index is -0.0500. The van der Waals surface area contributed by atoms with E-state index in [1.807, 2.05) is 12.5 Å². The molecule has 2 fully saturated rings. The van der Waals surface area contributed by atoms with Crippen LogP contribution in [-0.2, 0) is 11.3 Å². The van der Waals surface area contributed by atoms with Crippen molar-refractivity contribution in [3.63, 3.8) is 0 Å². The Morgan fingerprint density at radius 1 is 1.44 bits per heavy atom. The fraction of sp³-hybridized carbons (Fsp3) is 0.769. The molecule has 5 heteroatoms. The van der Waals surface area contributed by atoms with E-state index in [9.17, 15) is 5.11 Å². The average Bonchev–Trinajstić information content (AvgIpc) is 3.10. The summed E-state index contributed by atoms with van der Waals surface area (Å²) in [6.07, 6.45) is 6.61. The third-order valence-electron chi connectivity index (χ3n) is 3.68. The second kappa shape index (κ2) is 4.99. The summed E-state index contributed by atoms with van der Waals surface area (Å²) in [5.74, 6) is 0. The van der Waals surface area contributed by atoms with E-state index in [4.69, 9.17) is 4.74 Å². The number of aliphatic hydroxyl groups excluding tert-OH is 1. The van der Waals surface area contributed by atoms with Crippen LogP contribution < -0.4 is 0 Å². The van der Waals surface area contributed by atoms with E-state index in [2.05, 4.69) is 21.4 Å². The van der Waals surface area contributed by atoms with Gasteiger partial charge in [-0.1, -0.05) is 0 Å². The summed E-state index contributed by atoms with van der Waals surface area (Å²) in [7, 11) is 0. The van der Waals surface area contributed by atoms with Gasteiger partial charge in [0.2, 0.25) is 0 Å². The number of morpholine rings is 1. The zero-order valence-electron chi connectivity index (χ0n) is 10.8. The lowest BCUT2D eigenvalue weighted by molar-refractivity contribution is -0.0976. The van der Waals surface area contributed by atoms with Crippen molar-refractivity contribution in [2.24, 2.45) is 0 Å². The number of aromatic nitrogens is 2. The summed E-state index contributed by atoms with van der Waals surface area (Å²) in [6, 6.07) is 0.676. The lowest BCUT2D eigenvalue weighted by atomic mass is 10.2. The van der Waals surface area contributed by atoms with E-state index in [0.717, 1.165) is 19.6 Å². The molecular formula is C13H21N3O2. The Labute approximate surface area is 107 Å². The molecule has 1 saturated carbocycles. The van der Waals surface area contributed by atoms with Gasteiger partial charge in [-0.05, 0) is 19.8 Å². The molecule has 0 spiro atoms. The zero-order valence-corrected chi connectivity index (χ0v) is 10.8. The second-order valence-corrected chi connectivity index (χ2v) is 5.47. The lowest BCUT2D eigenvalue weighted by Crippen LogP contribution is -2.47. The third kappa shape index (κ3) is 2.58. The topological polar surface area (TPSA) is 50.5 Å². The van der Waals surface area contributed by atoms with Gasteiger partial charge in [-0.15, -0.1) is 0 Å². The monoisotopic (exact) mass is 251 g/mol. The van der Waals surface area contributed by atoms with Crippen molar-refractivity contribution in [3.05, 3.63) is 18.2 Å². The summed E-state index contributed by atoms with van der Waals surface area (Å²) in [6.45, 7) is 4.79. The number of hydrogen-bond acceptors (Lipinski definition) is 4. The molecule has 1 aromatic rings. The molecule has 18 heavy (non-hydrogen) atoms. The maximum atomic E-state index is 9.24. The fourth-order valence-corrected chi connectivity index (χ4v) is 2.74. The predicted octanol–water partition coefficient (Wildman–Crippen LogP) is 0.800. The van der Waals surface area contributed by atoms with Crippen molar-refractivity contribution in [3.8, 4) is 0 Å². The number of rotatable bonds is 4. The van der Waals surface area contributed by atoms with Gasteiger partial charge in [-0.3, -0.25) is 4.90 Å². The molecule has 0 radical (unpaired) electrons. The molecule has 3 rings (SSSR count). The van der Waals surface area contributed by atoms with E-state index < -0.39 is 0 Å². The van der Waals surface area contributed by atoms with Crippen LogP contribution in [0.2, 0.25) is 0 Å². The largest absolute Gasteiger partial charge is 0.394 e. The molecule has 2 unspecified atom stereocenters. The molecule has 2 atom stereocenters. The van der Waals surface area contributed by atoms with Crippen molar-refractivity contribution in [1.29, 1.82) is 0 Å². The van der Waals surface area contributed by atoms with Crippen molar-refractivity contribution >= 4 is 0 Å². The number of hydrogen-bond donors (Lipinski definition) is 1. The highest BCUT2D eigenvalue weighted by Gasteiger charge is 2.28. The molecule has 5 nitrogen and oxygen atoms in total. The minimum Gasteiger partial charge on any atom is -0.394 e. The molecular weight excluding hydrogens is 230 g/mol. The van der Waals surface area contributed by atoms with Crippen LogP contribution in [0.3, 0.4) is 0 Å².